The number of rotatable bonds is 3. The van der Waals surface area contributed by atoms with Crippen molar-refractivity contribution in [2.45, 2.75) is 6.54 Å². The van der Waals surface area contributed by atoms with Crippen molar-refractivity contribution in [2.75, 3.05) is 11.1 Å². The van der Waals surface area contributed by atoms with Crippen LogP contribution in [0.1, 0.15) is 5.82 Å². The lowest BCUT2D eigenvalue weighted by Crippen LogP contribution is -2.02. The molecule has 3 rings (SSSR count). The number of aromatic amines is 1. The van der Waals surface area contributed by atoms with Crippen LogP contribution in [0.15, 0.2) is 29.1 Å². The number of imidazole rings is 1. The molecule has 0 aliphatic heterocycles. The Labute approximate surface area is 96.0 Å². The minimum atomic E-state index is 0.450. The predicted molar refractivity (Wildman–Crippen MR) is 62.1 cm³/mol. The van der Waals surface area contributed by atoms with Crippen LogP contribution in [0.4, 0.5) is 11.6 Å². The first kappa shape index (κ1) is 9.64. The predicted octanol–water partition coefficient (Wildman–Crippen LogP) is 1.14. The first-order valence-electron chi connectivity index (χ1n) is 5.05. The molecule has 0 bridgehead atoms. The van der Waals surface area contributed by atoms with E-state index in [0.717, 1.165) is 11.0 Å². The van der Waals surface area contributed by atoms with Crippen LogP contribution in [-0.4, -0.2) is 20.1 Å². The highest BCUT2D eigenvalue weighted by molar-refractivity contribution is 5.80. The normalized spacial score (nSPS) is 10.8. The van der Waals surface area contributed by atoms with E-state index in [2.05, 4.69) is 29.9 Å². The fourth-order valence-electron chi connectivity index (χ4n) is 1.54. The molecular weight excluding hydrogens is 220 g/mol. The van der Waals surface area contributed by atoms with E-state index in [-0.39, 0.29) is 0 Å². The minimum Gasteiger partial charge on any atom is -0.399 e. The van der Waals surface area contributed by atoms with Gasteiger partial charge in [0.1, 0.15) is 0 Å². The lowest BCUT2D eigenvalue weighted by atomic mass is 10.3. The Morgan fingerprint density at radius 1 is 1.41 bits per heavy atom. The fraction of sp³-hybridized carbons (Fsp3) is 0.100. The molecular formula is C10H10N6O. The summed E-state index contributed by atoms with van der Waals surface area (Å²) in [6.45, 7) is 0.450. The van der Waals surface area contributed by atoms with Gasteiger partial charge in [0.05, 0.1) is 17.6 Å². The maximum atomic E-state index is 5.68. The van der Waals surface area contributed by atoms with Gasteiger partial charge in [-0.1, -0.05) is 5.16 Å². The Balaban J connectivity index is 1.81. The second kappa shape index (κ2) is 3.78. The molecule has 3 aromatic rings. The van der Waals surface area contributed by atoms with Crippen molar-refractivity contribution in [3.63, 3.8) is 0 Å². The van der Waals surface area contributed by atoms with E-state index < -0.39 is 0 Å². The molecule has 0 unspecified atom stereocenters. The van der Waals surface area contributed by atoms with Crippen molar-refractivity contribution in [2.24, 2.45) is 0 Å². The Morgan fingerprint density at radius 3 is 3.18 bits per heavy atom. The van der Waals surface area contributed by atoms with Gasteiger partial charge in [0.15, 0.2) is 5.82 Å². The molecule has 0 spiro atoms. The van der Waals surface area contributed by atoms with Crippen LogP contribution in [0.25, 0.3) is 11.0 Å². The molecule has 0 saturated heterocycles. The molecule has 0 saturated carbocycles. The molecule has 0 fully saturated rings. The Bertz CT molecular complexity index is 629. The van der Waals surface area contributed by atoms with Crippen LogP contribution in [0.3, 0.4) is 0 Å². The summed E-state index contributed by atoms with van der Waals surface area (Å²) < 4.78 is 4.63. The number of nitrogens with two attached hydrogens (primary N) is 1. The van der Waals surface area contributed by atoms with E-state index in [9.17, 15) is 0 Å². The van der Waals surface area contributed by atoms with E-state index in [4.69, 9.17) is 5.73 Å². The molecule has 4 N–H and O–H groups in total. The quantitative estimate of drug-likeness (QED) is 0.582. The van der Waals surface area contributed by atoms with Crippen LogP contribution >= 0.6 is 0 Å². The number of nitrogens with zero attached hydrogens (tertiary/aromatic N) is 3. The number of benzene rings is 1. The minimum absolute atomic E-state index is 0.450. The molecule has 0 radical (unpaired) electrons. The maximum Gasteiger partial charge on any atom is 0.213 e. The molecule has 17 heavy (non-hydrogen) atoms. The first-order valence-corrected chi connectivity index (χ1v) is 5.05. The van der Waals surface area contributed by atoms with E-state index in [0.29, 0.717) is 24.0 Å². The van der Waals surface area contributed by atoms with Crippen molar-refractivity contribution in [3.05, 3.63) is 30.4 Å². The molecule has 0 amide bonds. The van der Waals surface area contributed by atoms with Gasteiger partial charge in [0, 0.05) is 5.69 Å². The SMILES string of the molecule is Nc1ccc2nc(NCc3ncon3)[nH]c2c1. The summed E-state index contributed by atoms with van der Waals surface area (Å²) in [6, 6.07) is 5.51. The fourth-order valence-corrected chi connectivity index (χ4v) is 1.54. The second-order valence-corrected chi connectivity index (χ2v) is 3.56. The third-order valence-electron chi connectivity index (χ3n) is 2.33. The number of H-pyrrole nitrogens is 1. The van der Waals surface area contributed by atoms with Gasteiger partial charge in [-0.25, -0.2) is 4.98 Å². The Morgan fingerprint density at radius 2 is 2.35 bits per heavy atom. The first-order chi connectivity index (χ1) is 8.31. The van der Waals surface area contributed by atoms with Gasteiger partial charge in [0.25, 0.3) is 0 Å². The molecule has 2 aromatic heterocycles. The topological polar surface area (TPSA) is 106 Å². The zero-order valence-electron chi connectivity index (χ0n) is 8.84. The van der Waals surface area contributed by atoms with Gasteiger partial charge in [-0.15, -0.1) is 0 Å². The molecule has 0 aliphatic rings. The molecule has 86 valence electrons. The number of anilines is 2. The van der Waals surface area contributed by atoms with Crippen LogP contribution in [0.5, 0.6) is 0 Å². The number of hydrogen-bond acceptors (Lipinski definition) is 6. The summed E-state index contributed by atoms with van der Waals surface area (Å²) in [5, 5.41) is 6.75. The van der Waals surface area contributed by atoms with Gasteiger partial charge in [0.2, 0.25) is 12.3 Å². The van der Waals surface area contributed by atoms with Crippen molar-refractivity contribution >= 4 is 22.7 Å². The van der Waals surface area contributed by atoms with E-state index in [1.54, 1.807) is 0 Å². The van der Waals surface area contributed by atoms with Crippen LogP contribution in [0.2, 0.25) is 0 Å². The number of fused-ring (bicyclic) bond motifs is 1. The van der Waals surface area contributed by atoms with Gasteiger partial charge in [-0.2, -0.15) is 4.98 Å². The molecule has 0 atom stereocenters. The molecule has 0 aliphatic carbocycles. The van der Waals surface area contributed by atoms with Crippen LogP contribution in [0, 0.1) is 0 Å². The third kappa shape index (κ3) is 1.89. The summed E-state index contributed by atoms with van der Waals surface area (Å²) >= 11 is 0. The zero-order chi connectivity index (χ0) is 11.7. The van der Waals surface area contributed by atoms with Crippen molar-refractivity contribution in [1.29, 1.82) is 0 Å². The lowest BCUT2D eigenvalue weighted by molar-refractivity contribution is 0.411. The monoisotopic (exact) mass is 230 g/mol. The largest absolute Gasteiger partial charge is 0.399 e. The molecule has 7 nitrogen and oxygen atoms in total. The van der Waals surface area contributed by atoms with Gasteiger partial charge in [-0.3, -0.25) is 0 Å². The van der Waals surface area contributed by atoms with Crippen molar-refractivity contribution in [1.82, 2.24) is 20.1 Å². The van der Waals surface area contributed by atoms with E-state index in [1.807, 2.05) is 18.2 Å². The van der Waals surface area contributed by atoms with Gasteiger partial charge < -0.3 is 20.6 Å². The van der Waals surface area contributed by atoms with Crippen LogP contribution in [-0.2, 0) is 6.54 Å². The number of aromatic nitrogens is 4. The summed E-state index contributed by atoms with van der Waals surface area (Å²) in [5.74, 6) is 1.22. The summed E-state index contributed by atoms with van der Waals surface area (Å²) in [4.78, 5) is 11.4. The van der Waals surface area contributed by atoms with Crippen molar-refractivity contribution < 1.29 is 4.52 Å². The summed E-state index contributed by atoms with van der Waals surface area (Å²) in [6.07, 6.45) is 1.29. The van der Waals surface area contributed by atoms with E-state index >= 15 is 0 Å². The van der Waals surface area contributed by atoms with E-state index in [1.165, 1.54) is 6.39 Å². The average Bonchev–Trinajstić information content (AvgIpc) is 2.94. The lowest BCUT2D eigenvalue weighted by Gasteiger charge is -1.96. The second-order valence-electron chi connectivity index (χ2n) is 3.56. The Hall–Kier alpha value is -2.57. The Kier molecular flexibility index (Phi) is 2.14. The van der Waals surface area contributed by atoms with Gasteiger partial charge >= 0.3 is 0 Å². The molecule has 2 heterocycles. The maximum absolute atomic E-state index is 5.68. The highest BCUT2D eigenvalue weighted by Gasteiger charge is 2.04. The van der Waals surface area contributed by atoms with Gasteiger partial charge in [-0.05, 0) is 18.2 Å². The highest BCUT2D eigenvalue weighted by atomic mass is 16.5. The summed E-state index contributed by atoms with van der Waals surface area (Å²) in [5.41, 5.74) is 8.13. The average molecular weight is 230 g/mol. The third-order valence-corrected chi connectivity index (χ3v) is 2.33. The summed E-state index contributed by atoms with van der Waals surface area (Å²) in [7, 11) is 0. The van der Waals surface area contributed by atoms with Crippen LogP contribution < -0.4 is 11.1 Å². The highest BCUT2D eigenvalue weighted by Crippen LogP contribution is 2.17. The van der Waals surface area contributed by atoms with Crippen molar-refractivity contribution in [3.8, 4) is 0 Å². The molecule has 7 heteroatoms. The number of nitrogens with one attached hydrogen (secondary N) is 2. The standard InChI is InChI=1S/C10H10N6O/c11-6-1-2-7-8(3-6)15-10(14-7)12-4-9-13-5-17-16-9/h1-3,5H,4,11H2,(H2,12,14,15). The molecule has 1 aromatic carbocycles. The number of nitrogen functional groups attached to an aromatic ring is 1. The zero-order valence-corrected chi connectivity index (χ0v) is 8.84. The number of hydrogen-bond donors (Lipinski definition) is 3. The smallest absolute Gasteiger partial charge is 0.213 e.